The molecule has 1 amide bonds. The molecule has 5 aromatic rings. The summed E-state index contributed by atoms with van der Waals surface area (Å²) in [5.41, 5.74) is 3.91. The molecule has 0 saturated carbocycles. The number of hydrogen-bond acceptors (Lipinski definition) is 6. The van der Waals surface area contributed by atoms with Crippen LogP contribution in [-0.4, -0.2) is 39.6 Å². The molecule has 0 saturated heterocycles. The molecule has 0 aliphatic rings. The zero-order valence-corrected chi connectivity index (χ0v) is 21.8. The zero-order valence-electron chi connectivity index (χ0n) is 21.8. The van der Waals surface area contributed by atoms with Crippen LogP contribution >= 0.6 is 0 Å². The summed E-state index contributed by atoms with van der Waals surface area (Å²) in [5.74, 6) is 5.70. The van der Waals surface area contributed by atoms with E-state index in [4.69, 9.17) is 9.47 Å². The molecule has 0 radical (unpaired) electrons. The van der Waals surface area contributed by atoms with E-state index >= 15 is 0 Å². The van der Waals surface area contributed by atoms with Crippen molar-refractivity contribution >= 4 is 17.5 Å². The molecule has 0 aliphatic heterocycles. The number of aromatic nitrogens is 3. The number of esters is 1. The fourth-order valence-corrected chi connectivity index (χ4v) is 3.98. The second-order valence-electron chi connectivity index (χ2n) is 8.94. The van der Waals surface area contributed by atoms with Gasteiger partial charge in [0.2, 0.25) is 0 Å². The number of carbonyl (C=O) groups is 2. The van der Waals surface area contributed by atoms with Gasteiger partial charge in [-0.15, -0.1) is 0 Å². The Morgan fingerprint density at radius 1 is 0.875 bits per heavy atom. The van der Waals surface area contributed by atoms with Crippen LogP contribution in [0.5, 0.6) is 5.75 Å². The number of ether oxygens (including phenoxy) is 2. The van der Waals surface area contributed by atoms with Crippen LogP contribution in [0.1, 0.15) is 32.9 Å². The van der Waals surface area contributed by atoms with Crippen molar-refractivity contribution in [2.45, 2.75) is 19.1 Å². The number of nitrogens with one attached hydrogen (secondary N) is 1. The van der Waals surface area contributed by atoms with Crippen LogP contribution in [0.15, 0.2) is 103 Å². The number of amides is 1. The van der Waals surface area contributed by atoms with Gasteiger partial charge in [-0.05, 0) is 53.4 Å². The van der Waals surface area contributed by atoms with Gasteiger partial charge in [0, 0.05) is 12.0 Å². The minimum absolute atomic E-state index is 0.124. The predicted octanol–water partition coefficient (Wildman–Crippen LogP) is 4.22. The molecule has 0 unspecified atom stereocenters. The maximum absolute atomic E-state index is 13.0. The summed E-state index contributed by atoms with van der Waals surface area (Å²) in [6.07, 6.45) is 1.74. The summed E-state index contributed by atoms with van der Waals surface area (Å²) in [4.78, 5) is 29.9. The number of nitrogens with zero attached hydrogens (tertiary/aromatic N) is 3. The summed E-state index contributed by atoms with van der Waals surface area (Å²) < 4.78 is 12.3. The predicted molar refractivity (Wildman–Crippen MR) is 150 cm³/mol. The van der Waals surface area contributed by atoms with Gasteiger partial charge in [-0.2, -0.15) is 5.10 Å². The van der Waals surface area contributed by atoms with E-state index in [1.54, 1.807) is 12.1 Å². The van der Waals surface area contributed by atoms with E-state index in [2.05, 4.69) is 27.2 Å². The van der Waals surface area contributed by atoms with Crippen LogP contribution in [0.25, 0.3) is 5.65 Å². The van der Waals surface area contributed by atoms with E-state index < -0.39 is 17.9 Å². The van der Waals surface area contributed by atoms with Gasteiger partial charge in [-0.3, -0.25) is 4.79 Å². The van der Waals surface area contributed by atoms with Gasteiger partial charge in [-0.25, -0.2) is 14.3 Å². The largest absolute Gasteiger partial charge is 0.489 e. The minimum Gasteiger partial charge on any atom is -0.489 e. The fourth-order valence-electron chi connectivity index (χ4n) is 3.98. The van der Waals surface area contributed by atoms with Crippen molar-refractivity contribution in [1.82, 2.24) is 19.9 Å². The van der Waals surface area contributed by atoms with E-state index in [9.17, 15) is 9.59 Å². The van der Waals surface area contributed by atoms with Crippen molar-refractivity contribution in [3.63, 3.8) is 0 Å². The summed E-state index contributed by atoms with van der Waals surface area (Å²) in [6.45, 7) is 0.454. The lowest BCUT2D eigenvalue weighted by atomic mass is 10.1. The van der Waals surface area contributed by atoms with Gasteiger partial charge in [0.15, 0.2) is 5.65 Å². The molecule has 8 heteroatoms. The number of rotatable bonds is 8. The maximum Gasteiger partial charge on any atom is 0.328 e. The summed E-state index contributed by atoms with van der Waals surface area (Å²) >= 11 is 0. The highest BCUT2D eigenvalue weighted by atomic mass is 16.5. The zero-order chi connectivity index (χ0) is 27.7. The highest BCUT2D eigenvalue weighted by molar-refractivity contribution is 5.95. The van der Waals surface area contributed by atoms with Crippen LogP contribution in [0, 0.1) is 11.8 Å². The monoisotopic (exact) mass is 530 g/mol. The molecule has 5 rings (SSSR count). The van der Waals surface area contributed by atoms with E-state index in [0.29, 0.717) is 23.7 Å². The van der Waals surface area contributed by atoms with Gasteiger partial charge in [0.25, 0.3) is 5.91 Å². The first kappa shape index (κ1) is 26.2. The molecule has 1 N–H and O–H groups in total. The normalized spacial score (nSPS) is 11.2. The van der Waals surface area contributed by atoms with Gasteiger partial charge in [-0.1, -0.05) is 66.6 Å². The molecule has 3 aromatic carbocycles. The number of hydrogen-bond donors (Lipinski definition) is 1. The second kappa shape index (κ2) is 12.4. The molecule has 2 heterocycles. The Bertz CT molecular complexity index is 1670. The van der Waals surface area contributed by atoms with Crippen molar-refractivity contribution in [3.05, 3.63) is 131 Å². The highest BCUT2D eigenvalue weighted by Crippen LogP contribution is 2.16. The van der Waals surface area contributed by atoms with E-state index in [1.807, 2.05) is 84.9 Å². The Balaban J connectivity index is 1.24. The first-order valence-corrected chi connectivity index (χ1v) is 12.7. The number of methoxy groups -OCH3 is 1. The third kappa shape index (κ3) is 6.71. The minimum atomic E-state index is -0.904. The third-order valence-corrected chi connectivity index (χ3v) is 6.06. The smallest absolute Gasteiger partial charge is 0.328 e. The topological polar surface area (TPSA) is 94.8 Å². The van der Waals surface area contributed by atoms with Crippen LogP contribution in [0.4, 0.5) is 0 Å². The molecular weight excluding hydrogens is 504 g/mol. The van der Waals surface area contributed by atoms with Crippen molar-refractivity contribution in [3.8, 4) is 17.6 Å². The molecular formula is C32H26N4O4. The van der Waals surface area contributed by atoms with Gasteiger partial charge in [0.1, 0.15) is 29.8 Å². The van der Waals surface area contributed by atoms with Crippen molar-refractivity contribution < 1.29 is 19.1 Å². The van der Waals surface area contributed by atoms with E-state index in [0.717, 1.165) is 16.7 Å². The number of benzene rings is 3. The van der Waals surface area contributed by atoms with E-state index in [1.165, 1.54) is 17.8 Å². The Morgan fingerprint density at radius 2 is 1.60 bits per heavy atom. The fraction of sp³-hybridized carbons (Fsp3) is 0.125. The molecule has 0 spiro atoms. The molecule has 198 valence electrons. The van der Waals surface area contributed by atoms with Gasteiger partial charge < -0.3 is 14.8 Å². The SMILES string of the molecule is COC(=O)[C@H](Cc1ccc(OCc2ccccc2)cc1)NC(=O)c1cn2nc(C#Cc3ccccc3)ccc2n1. The Labute approximate surface area is 231 Å². The molecule has 1 atom stereocenters. The summed E-state index contributed by atoms with van der Waals surface area (Å²) in [7, 11) is 1.29. The Hall–Kier alpha value is -5.42. The average Bonchev–Trinajstić information content (AvgIpc) is 3.44. The first-order chi connectivity index (χ1) is 19.6. The quantitative estimate of drug-likeness (QED) is 0.239. The number of carbonyl (C=O) groups excluding carboxylic acids is 2. The standard InChI is InChI=1S/C32H26N4O4/c1-39-32(38)28(20-24-13-17-27(18-14-24)40-22-25-10-6-3-7-11-25)34-31(37)29-21-36-30(33-29)19-16-26(35-36)15-12-23-8-4-2-5-9-23/h2-11,13-14,16-19,21,28H,20,22H2,1H3,(H,34,37)/t28-/m0/s1. The second-order valence-corrected chi connectivity index (χ2v) is 8.94. The lowest BCUT2D eigenvalue weighted by Crippen LogP contribution is -2.43. The summed E-state index contributed by atoms with van der Waals surface area (Å²) in [5, 5.41) is 7.17. The van der Waals surface area contributed by atoms with Gasteiger partial charge in [0.05, 0.1) is 13.3 Å². The average molecular weight is 531 g/mol. The van der Waals surface area contributed by atoms with Crippen LogP contribution < -0.4 is 10.1 Å². The molecule has 0 aliphatic carbocycles. The van der Waals surface area contributed by atoms with E-state index in [-0.39, 0.29) is 12.1 Å². The summed E-state index contributed by atoms with van der Waals surface area (Å²) in [6, 6.07) is 29.4. The van der Waals surface area contributed by atoms with Gasteiger partial charge >= 0.3 is 5.97 Å². The highest BCUT2D eigenvalue weighted by Gasteiger charge is 2.24. The van der Waals surface area contributed by atoms with Crippen LogP contribution in [0.2, 0.25) is 0 Å². The number of fused-ring (bicyclic) bond motifs is 1. The van der Waals surface area contributed by atoms with Crippen molar-refractivity contribution in [2.24, 2.45) is 0 Å². The Kier molecular flexibility index (Phi) is 8.13. The van der Waals surface area contributed by atoms with Crippen LogP contribution in [-0.2, 0) is 22.6 Å². The lowest BCUT2D eigenvalue weighted by molar-refractivity contribution is -0.142. The Morgan fingerprint density at radius 3 is 2.33 bits per heavy atom. The maximum atomic E-state index is 13.0. The molecule has 40 heavy (non-hydrogen) atoms. The molecule has 8 nitrogen and oxygen atoms in total. The molecule has 0 fully saturated rings. The lowest BCUT2D eigenvalue weighted by Gasteiger charge is -2.16. The van der Waals surface area contributed by atoms with Crippen molar-refractivity contribution in [1.29, 1.82) is 0 Å². The number of imidazole rings is 1. The third-order valence-electron chi connectivity index (χ3n) is 6.06. The van der Waals surface area contributed by atoms with Crippen molar-refractivity contribution in [2.75, 3.05) is 7.11 Å². The van der Waals surface area contributed by atoms with Crippen LogP contribution in [0.3, 0.4) is 0 Å². The first-order valence-electron chi connectivity index (χ1n) is 12.7. The molecule has 2 aromatic heterocycles. The molecule has 0 bridgehead atoms.